The predicted octanol–water partition coefficient (Wildman–Crippen LogP) is 4.47. The van der Waals surface area contributed by atoms with E-state index in [1.807, 2.05) is 38.1 Å². The summed E-state index contributed by atoms with van der Waals surface area (Å²) in [6, 6.07) is 11.4. The maximum atomic E-state index is 13.0. The van der Waals surface area contributed by atoms with E-state index >= 15 is 0 Å². The number of aryl methyl sites for hydroxylation is 4. The molecular weight excluding hydrogens is 396 g/mol. The minimum Gasteiger partial charge on any atom is -0.325 e. The number of anilines is 1. The van der Waals surface area contributed by atoms with Crippen LogP contribution in [0.5, 0.6) is 0 Å². The number of carbonyl (C=O) groups excluding carboxylic acids is 1. The summed E-state index contributed by atoms with van der Waals surface area (Å²) in [7, 11) is -3.53. The zero-order chi connectivity index (χ0) is 21.9. The number of amides is 1. The summed E-state index contributed by atoms with van der Waals surface area (Å²) >= 11 is 0. The number of sulfonamides is 1. The van der Waals surface area contributed by atoms with E-state index in [9.17, 15) is 13.2 Å². The topological polar surface area (TPSA) is 66.5 Å². The Labute approximate surface area is 180 Å². The molecule has 1 aliphatic rings. The monoisotopic (exact) mass is 428 g/mol. The molecule has 0 unspecified atom stereocenters. The SMILES string of the molecule is CCc1cccc(CC)c1NC(=O)C1CCN(S(=O)(=O)c2ccc(C)c(C)c2)CC1. The number of benzene rings is 2. The average molecular weight is 429 g/mol. The second-order valence-electron chi connectivity index (χ2n) is 8.07. The van der Waals surface area contributed by atoms with Gasteiger partial charge < -0.3 is 5.32 Å². The fraction of sp³-hybridized carbons (Fsp3) is 0.458. The van der Waals surface area contributed by atoms with Crippen LogP contribution in [-0.2, 0) is 27.7 Å². The van der Waals surface area contributed by atoms with Gasteiger partial charge in [0.1, 0.15) is 0 Å². The Morgan fingerprint density at radius 3 is 2.13 bits per heavy atom. The van der Waals surface area contributed by atoms with Crippen LogP contribution in [0.1, 0.15) is 48.9 Å². The molecule has 0 atom stereocenters. The second kappa shape index (κ2) is 9.31. The van der Waals surface area contributed by atoms with Crippen LogP contribution in [0.2, 0.25) is 0 Å². The van der Waals surface area contributed by atoms with Gasteiger partial charge in [-0.05, 0) is 73.9 Å². The molecule has 0 aliphatic carbocycles. The van der Waals surface area contributed by atoms with Crippen molar-refractivity contribution in [2.75, 3.05) is 18.4 Å². The Hall–Kier alpha value is -2.18. The first kappa shape index (κ1) is 22.5. The smallest absolute Gasteiger partial charge is 0.243 e. The zero-order valence-electron chi connectivity index (χ0n) is 18.4. The summed E-state index contributed by atoms with van der Waals surface area (Å²) in [6.07, 6.45) is 2.78. The number of nitrogens with one attached hydrogen (secondary N) is 1. The summed E-state index contributed by atoms with van der Waals surface area (Å²) in [4.78, 5) is 13.3. The number of piperidine rings is 1. The van der Waals surface area contributed by atoms with Crippen molar-refractivity contribution in [3.8, 4) is 0 Å². The van der Waals surface area contributed by atoms with E-state index in [1.165, 1.54) is 4.31 Å². The molecule has 1 fully saturated rings. The lowest BCUT2D eigenvalue weighted by Gasteiger charge is -2.31. The van der Waals surface area contributed by atoms with E-state index in [-0.39, 0.29) is 11.8 Å². The van der Waals surface area contributed by atoms with E-state index in [0.717, 1.165) is 40.8 Å². The van der Waals surface area contributed by atoms with Gasteiger partial charge in [0.25, 0.3) is 0 Å². The molecule has 162 valence electrons. The Bertz CT molecular complexity index is 1000. The highest BCUT2D eigenvalue weighted by Crippen LogP contribution is 2.28. The lowest BCUT2D eigenvalue weighted by atomic mass is 9.96. The van der Waals surface area contributed by atoms with Gasteiger partial charge in [-0.1, -0.05) is 38.1 Å². The maximum absolute atomic E-state index is 13.0. The molecule has 1 aliphatic heterocycles. The molecule has 2 aromatic carbocycles. The molecule has 30 heavy (non-hydrogen) atoms. The number of hydrogen-bond donors (Lipinski definition) is 1. The van der Waals surface area contributed by atoms with E-state index in [0.29, 0.717) is 30.8 Å². The van der Waals surface area contributed by atoms with E-state index in [1.54, 1.807) is 12.1 Å². The molecule has 1 N–H and O–H groups in total. The molecule has 6 heteroatoms. The minimum absolute atomic E-state index is 0.00571. The highest BCUT2D eigenvalue weighted by molar-refractivity contribution is 7.89. The summed E-state index contributed by atoms with van der Waals surface area (Å²) in [5.74, 6) is -0.181. The Kier molecular flexibility index (Phi) is 6.98. The van der Waals surface area contributed by atoms with Gasteiger partial charge in [-0.15, -0.1) is 0 Å². The molecule has 0 bridgehead atoms. The minimum atomic E-state index is -3.53. The fourth-order valence-electron chi connectivity index (χ4n) is 4.01. The van der Waals surface area contributed by atoms with Crippen molar-refractivity contribution in [2.45, 2.75) is 58.3 Å². The van der Waals surface area contributed by atoms with Gasteiger partial charge in [0.2, 0.25) is 15.9 Å². The molecule has 2 aromatic rings. The molecule has 5 nitrogen and oxygen atoms in total. The Balaban J connectivity index is 1.68. The van der Waals surface area contributed by atoms with Gasteiger partial charge in [0, 0.05) is 24.7 Å². The summed E-state index contributed by atoms with van der Waals surface area (Å²) < 4.78 is 27.5. The van der Waals surface area contributed by atoms with Crippen LogP contribution in [0.4, 0.5) is 5.69 Å². The number of para-hydroxylation sites is 1. The highest BCUT2D eigenvalue weighted by atomic mass is 32.2. The molecule has 1 saturated heterocycles. The van der Waals surface area contributed by atoms with Gasteiger partial charge in [-0.25, -0.2) is 8.42 Å². The number of carbonyl (C=O) groups is 1. The third-order valence-electron chi connectivity index (χ3n) is 6.19. The third kappa shape index (κ3) is 4.60. The van der Waals surface area contributed by atoms with E-state index < -0.39 is 10.0 Å². The first-order chi connectivity index (χ1) is 14.3. The maximum Gasteiger partial charge on any atom is 0.243 e. The molecule has 1 amide bonds. The predicted molar refractivity (Wildman–Crippen MR) is 121 cm³/mol. The average Bonchev–Trinajstić information content (AvgIpc) is 2.75. The van der Waals surface area contributed by atoms with Gasteiger partial charge in [-0.2, -0.15) is 4.31 Å². The van der Waals surface area contributed by atoms with Gasteiger partial charge in [0.05, 0.1) is 4.90 Å². The first-order valence-corrected chi connectivity index (χ1v) is 12.2. The van der Waals surface area contributed by atoms with Crippen molar-refractivity contribution in [1.29, 1.82) is 0 Å². The Morgan fingerprint density at radius 2 is 1.60 bits per heavy atom. The van der Waals surface area contributed by atoms with Crippen molar-refractivity contribution in [3.63, 3.8) is 0 Å². The summed E-state index contributed by atoms with van der Waals surface area (Å²) in [5, 5.41) is 3.14. The normalized spacial score (nSPS) is 15.9. The van der Waals surface area contributed by atoms with Crippen LogP contribution in [0.25, 0.3) is 0 Å². The summed E-state index contributed by atoms with van der Waals surface area (Å²) in [6.45, 7) is 8.79. The molecule has 0 aromatic heterocycles. The molecule has 0 spiro atoms. The fourth-order valence-corrected chi connectivity index (χ4v) is 5.57. The van der Waals surface area contributed by atoms with Crippen LogP contribution in [0.3, 0.4) is 0 Å². The van der Waals surface area contributed by atoms with Gasteiger partial charge in [-0.3, -0.25) is 4.79 Å². The van der Waals surface area contributed by atoms with Crippen LogP contribution in [-0.4, -0.2) is 31.7 Å². The van der Waals surface area contributed by atoms with Gasteiger partial charge in [0.15, 0.2) is 0 Å². The van der Waals surface area contributed by atoms with E-state index in [4.69, 9.17) is 0 Å². The molecular formula is C24H32N2O3S. The third-order valence-corrected chi connectivity index (χ3v) is 8.08. The lowest BCUT2D eigenvalue weighted by Crippen LogP contribution is -2.41. The number of nitrogens with zero attached hydrogens (tertiary/aromatic N) is 1. The second-order valence-corrected chi connectivity index (χ2v) is 10.0. The van der Waals surface area contributed by atoms with Crippen LogP contribution in [0.15, 0.2) is 41.3 Å². The van der Waals surface area contributed by atoms with Crippen molar-refractivity contribution in [2.24, 2.45) is 5.92 Å². The molecule has 3 rings (SSSR count). The lowest BCUT2D eigenvalue weighted by molar-refractivity contribution is -0.120. The van der Waals surface area contributed by atoms with Crippen molar-refractivity contribution >= 4 is 21.6 Å². The zero-order valence-corrected chi connectivity index (χ0v) is 19.2. The standard InChI is InChI=1S/C24H32N2O3S/c1-5-19-8-7-9-20(6-2)23(19)25-24(27)21-12-14-26(15-13-21)30(28,29)22-11-10-17(3)18(4)16-22/h7-11,16,21H,5-6,12-15H2,1-4H3,(H,25,27). The number of hydrogen-bond acceptors (Lipinski definition) is 3. The molecule has 1 heterocycles. The van der Waals surface area contributed by atoms with Crippen molar-refractivity contribution < 1.29 is 13.2 Å². The van der Waals surface area contributed by atoms with E-state index in [2.05, 4.69) is 19.2 Å². The Morgan fingerprint density at radius 1 is 1.00 bits per heavy atom. The first-order valence-electron chi connectivity index (χ1n) is 10.8. The highest BCUT2D eigenvalue weighted by Gasteiger charge is 2.32. The van der Waals surface area contributed by atoms with Crippen LogP contribution in [0, 0.1) is 19.8 Å². The largest absolute Gasteiger partial charge is 0.325 e. The van der Waals surface area contributed by atoms with Crippen LogP contribution < -0.4 is 5.32 Å². The van der Waals surface area contributed by atoms with Crippen LogP contribution >= 0.6 is 0 Å². The van der Waals surface area contributed by atoms with Crippen molar-refractivity contribution in [3.05, 3.63) is 58.7 Å². The molecule has 0 saturated carbocycles. The quantitative estimate of drug-likeness (QED) is 0.738. The molecule has 0 radical (unpaired) electrons. The van der Waals surface area contributed by atoms with Gasteiger partial charge >= 0.3 is 0 Å². The summed E-state index contributed by atoms with van der Waals surface area (Å²) in [5.41, 5.74) is 5.24. The number of rotatable bonds is 6. The van der Waals surface area contributed by atoms with Crippen molar-refractivity contribution in [1.82, 2.24) is 4.31 Å².